The molecule has 1 aromatic rings. The monoisotopic (exact) mass is 178 g/mol. The smallest absolute Gasteiger partial charge is 0.405 e. The van der Waals surface area contributed by atoms with Crippen LogP contribution in [0.2, 0.25) is 0 Å². The largest absolute Gasteiger partial charge is 0.465 e. The molecule has 1 heterocycles. The molecule has 0 atom stereocenters. The van der Waals surface area contributed by atoms with Crippen LogP contribution in [0.5, 0.6) is 0 Å². The van der Waals surface area contributed by atoms with Crippen LogP contribution in [0.3, 0.4) is 0 Å². The molecular weight excluding hydrogens is 172 g/mol. The van der Waals surface area contributed by atoms with Crippen LogP contribution in [-0.4, -0.2) is 21.2 Å². The molecule has 0 bridgehead atoms. The maximum absolute atomic E-state index is 10.1. The molecule has 0 spiro atoms. The van der Waals surface area contributed by atoms with Gasteiger partial charge in [-0.2, -0.15) is 5.26 Å². The number of carbonyl (C=O) groups is 1. The molecule has 0 saturated heterocycles. The number of hydrogen-bond acceptors (Lipinski definition) is 4. The topological polar surface area (TPSA) is 98.9 Å². The Hall–Kier alpha value is -2.16. The molecule has 0 radical (unpaired) electrons. The first-order valence-electron chi connectivity index (χ1n) is 3.40. The lowest BCUT2D eigenvalue weighted by Gasteiger charge is -1.98. The first kappa shape index (κ1) is 8.93. The van der Waals surface area contributed by atoms with Gasteiger partial charge >= 0.3 is 6.09 Å². The van der Waals surface area contributed by atoms with Gasteiger partial charge in [0.25, 0.3) is 0 Å². The summed E-state index contributed by atoms with van der Waals surface area (Å²) >= 11 is 0. The molecule has 1 aromatic heterocycles. The van der Waals surface area contributed by atoms with E-state index in [2.05, 4.69) is 15.3 Å². The van der Waals surface area contributed by atoms with Crippen molar-refractivity contribution in [3.63, 3.8) is 0 Å². The van der Waals surface area contributed by atoms with Crippen molar-refractivity contribution < 1.29 is 9.90 Å². The summed E-state index contributed by atoms with van der Waals surface area (Å²) in [6.07, 6.45) is 1.55. The van der Waals surface area contributed by atoms with Gasteiger partial charge in [-0.25, -0.2) is 14.8 Å². The van der Waals surface area contributed by atoms with Crippen LogP contribution in [0.1, 0.15) is 11.4 Å². The van der Waals surface area contributed by atoms with E-state index in [1.807, 2.05) is 6.07 Å². The Morgan fingerprint density at radius 1 is 1.62 bits per heavy atom. The zero-order chi connectivity index (χ0) is 9.68. The minimum Gasteiger partial charge on any atom is -0.465 e. The van der Waals surface area contributed by atoms with Crippen molar-refractivity contribution in [2.75, 3.05) is 0 Å². The highest BCUT2D eigenvalue weighted by Crippen LogP contribution is 1.92. The van der Waals surface area contributed by atoms with Crippen molar-refractivity contribution >= 4 is 6.09 Å². The van der Waals surface area contributed by atoms with Crippen molar-refractivity contribution in [1.82, 2.24) is 15.3 Å². The molecule has 1 rings (SSSR count). The highest BCUT2D eigenvalue weighted by atomic mass is 16.4. The lowest BCUT2D eigenvalue weighted by atomic mass is 10.4. The second kappa shape index (κ2) is 4.01. The van der Waals surface area contributed by atoms with Gasteiger partial charge in [0.2, 0.25) is 0 Å². The molecule has 0 aromatic carbocycles. The molecule has 2 N–H and O–H groups in total. The quantitative estimate of drug-likeness (QED) is 0.669. The number of nitrogens with zero attached hydrogens (tertiary/aromatic N) is 3. The molecule has 0 aliphatic heterocycles. The van der Waals surface area contributed by atoms with Crippen LogP contribution >= 0.6 is 0 Å². The summed E-state index contributed by atoms with van der Waals surface area (Å²) in [6.45, 7) is 0.0427. The number of aromatic nitrogens is 2. The molecule has 1 amide bonds. The van der Waals surface area contributed by atoms with Crippen molar-refractivity contribution in [1.29, 1.82) is 5.26 Å². The summed E-state index contributed by atoms with van der Waals surface area (Å²) < 4.78 is 0. The van der Waals surface area contributed by atoms with E-state index in [0.717, 1.165) is 0 Å². The minimum atomic E-state index is -1.13. The van der Waals surface area contributed by atoms with Gasteiger partial charge < -0.3 is 10.4 Å². The maximum atomic E-state index is 10.1. The Balaban J connectivity index is 2.60. The number of nitriles is 1. The molecule has 0 fully saturated rings. The molecule has 6 heteroatoms. The molecular formula is C7H6N4O2. The van der Waals surface area contributed by atoms with Crippen molar-refractivity contribution in [3.8, 4) is 6.07 Å². The van der Waals surface area contributed by atoms with Crippen LogP contribution in [0.25, 0.3) is 0 Å². The summed E-state index contributed by atoms with van der Waals surface area (Å²) in [7, 11) is 0. The van der Waals surface area contributed by atoms with E-state index in [-0.39, 0.29) is 6.54 Å². The second-order valence-corrected chi connectivity index (χ2v) is 2.16. The average molecular weight is 178 g/mol. The molecule has 6 nitrogen and oxygen atoms in total. The molecule has 0 unspecified atom stereocenters. The van der Waals surface area contributed by atoms with Crippen molar-refractivity contribution in [3.05, 3.63) is 23.8 Å². The molecule has 66 valence electrons. The fourth-order valence-electron chi connectivity index (χ4n) is 0.658. The Bertz CT molecular complexity index is 341. The van der Waals surface area contributed by atoms with E-state index < -0.39 is 6.09 Å². The Morgan fingerprint density at radius 3 is 2.69 bits per heavy atom. The fourth-order valence-corrected chi connectivity index (χ4v) is 0.658. The predicted octanol–water partition coefficient (Wildman–Crippen LogP) is 0.116. The third-order valence-corrected chi connectivity index (χ3v) is 1.23. The number of rotatable bonds is 2. The molecule has 0 aliphatic carbocycles. The van der Waals surface area contributed by atoms with Crippen LogP contribution in [-0.2, 0) is 6.54 Å². The predicted molar refractivity (Wildman–Crippen MR) is 41.6 cm³/mol. The minimum absolute atomic E-state index is 0.0427. The number of amides is 1. The van der Waals surface area contributed by atoms with Gasteiger partial charge in [-0.15, -0.1) is 0 Å². The SMILES string of the molecule is N#Cc1cnc(CNC(=O)O)nc1. The molecule has 13 heavy (non-hydrogen) atoms. The highest BCUT2D eigenvalue weighted by molar-refractivity contribution is 5.64. The van der Waals surface area contributed by atoms with E-state index in [1.54, 1.807) is 0 Å². The Morgan fingerprint density at radius 2 is 2.23 bits per heavy atom. The van der Waals surface area contributed by atoms with E-state index in [4.69, 9.17) is 10.4 Å². The average Bonchev–Trinajstić information content (AvgIpc) is 2.15. The first-order chi connectivity index (χ1) is 6.22. The summed E-state index contributed by atoms with van der Waals surface area (Å²) in [4.78, 5) is 17.6. The van der Waals surface area contributed by atoms with Gasteiger partial charge in [-0.1, -0.05) is 0 Å². The normalized spacial score (nSPS) is 8.85. The zero-order valence-corrected chi connectivity index (χ0v) is 6.56. The maximum Gasteiger partial charge on any atom is 0.405 e. The van der Waals surface area contributed by atoms with Crippen LogP contribution in [0, 0.1) is 11.3 Å². The second-order valence-electron chi connectivity index (χ2n) is 2.16. The number of hydrogen-bond donors (Lipinski definition) is 2. The number of carboxylic acid groups (broad SMARTS) is 1. The van der Waals surface area contributed by atoms with Gasteiger partial charge in [-0.05, 0) is 0 Å². The highest BCUT2D eigenvalue weighted by Gasteiger charge is 1.98. The van der Waals surface area contributed by atoms with E-state index in [0.29, 0.717) is 11.4 Å². The standard InChI is InChI=1S/C7H6N4O2/c8-1-5-2-9-6(10-3-5)4-11-7(12)13/h2-3,11H,4H2,(H,12,13). The van der Waals surface area contributed by atoms with E-state index in [9.17, 15) is 4.79 Å². The van der Waals surface area contributed by atoms with Gasteiger partial charge in [0.15, 0.2) is 0 Å². The van der Waals surface area contributed by atoms with Gasteiger partial charge in [-0.3, -0.25) is 0 Å². The first-order valence-corrected chi connectivity index (χ1v) is 3.40. The molecule has 0 saturated carbocycles. The lowest BCUT2D eigenvalue weighted by Crippen LogP contribution is -2.21. The van der Waals surface area contributed by atoms with Crippen molar-refractivity contribution in [2.45, 2.75) is 6.54 Å². The third kappa shape index (κ3) is 2.75. The summed E-state index contributed by atoms with van der Waals surface area (Å²) in [5.41, 5.74) is 0.346. The summed E-state index contributed by atoms with van der Waals surface area (Å²) in [5.74, 6) is 0.335. The van der Waals surface area contributed by atoms with Crippen LogP contribution in [0.4, 0.5) is 4.79 Å². The van der Waals surface area contributed by atoms with Crippen LogP contribution < -0.4 is 5.32 Å². The van der Waals surface area contributed by atoms with E-state index in [1.165, 1.54) is 12.4 Å². The molecule has 0 aliphatic rings. The number of nitrogens with one attached hydrogen (secondary N) is 1. The van der Waals surface area contributed by atoms with Gasteiger partial charge in [0.1, 0.15) is 11.9 Å². The Labute approximate surface area is 73.9 Å². The van der Waals surface area contributed by atoms with E-state index >= 15 is 0 Å². The van der Waals surface area contributed by atoms with Crippen LogP contribution in [0.15, 0.2) is 12.4 Å². The van der Waals surface area contributed by atoms with Gasteiger partial charge in [0.05, 0.1) is 12.1 Å². The van der Waals surface area contributed by atoms with Gasteiger partial charge in [0, 0.05) is 12.4 Å². The van der Waals surface area contributed by atoms with Crippen molar-refractivity contribution in [2.24, 2.45) is 0 Å². The Kier molecular flexibility index (Phi) is 2.76. The summed E-state index contributed by atoms with van der Waals surface area (Å²) in [6, 6.07) is 1.86. The third-order valence-electron chi connectivity index (χ3n) is 1.23. The zero-order valence-electron chi connectivity index (χ0n) is 6.56. The summed E-state index contributed by atoms with van der Waals surface area (Å²) in [5, 5.41) is 18.8. The fraction of sp³-hybridized carbons (Fsp3) is 0.143. The lowest BCUT2D eigenvalue weighted by molar-refractivity contribution is 0.193.